The number of nitro groups is 1. The minimum absolute atomic E-state index is 0.0257. The van der Waals surface area contributed by atoms with Gasteiger partial charge in [-0.2, -0.15) is 0 Å². The Labute approximate surface area is 136 Å². The van der Waals surface area contributed by atoms with Crippen molar-refractivity contribution in [1.29, 1.82) is 0 Å². The van der Waals surface area contributed by atoms with Gasteiger partial charge in [0.05, 0.1) is 4.92 Å². The molecule has 1 aromatic rings. The molecule has 0 aromatic heterocycles. The van der Waals surface area contributed by atoms with Crippen LogP contribution in [0.1, 0.15) is 25.7 Å². The number of carbonyl (C=O) groups excluding carboxylic acids is 1. The lowest BCUT2D eigenvalue weighted by atomic mass is 9.96. The molecule has 1 aliphatic rings. The van der Waals surface area contributed by atoms with Crippen molar-refractivity contribution < 1.29 is 9.72 Å². The van der Waals surface area contributed by atoms with Gasteiger partial charge in [-0.1, -0.05) is 12.1 Å². The average Bonchev–Trinajstić information content (AvgIpc) is 2.56. The number of benzene rings is 1. The van der Waals surface area contributed by atoms with Gasteiger partial charge in [0.1, 0.15) is 5.69 Å². The first-order chi connectivity index (χ1) is 11.2. The van der Waals surface area contributed by atoms with Crippen LogP contribution in [0.2, 0.25) is 0 Å². The van der Waals surface area contributed by atoms with Crippen LogP contribution in [0.25, 0.3) is 0 Å². The van der Waals surface area contributed by atoms with Gasteiger partial charge < -0.3 is 16.0 Å². The van der Waals surface area contributed by atoms with Crippen molar-refractivity contribution in [1.82, 2.24) is 10.6 Å². The summed E-state index contributed by atoms with van der Waals surface area (Å²) >= 11 is 0. The summed E-state index contributed by atoms with van der Waals surface area (Å²) in [6.45, 7) is 3.20. The topological polar surface area (TPSA) is 96.3 Å². The molecule has 1 saturated heterocycles. The van der Waals surface area contributed by atoms with Crippen molar-refractivity contribution >= 4 is 17.3 Å². The third-order valence-corrected chi connectivity index (χ3v) is 4.04. The fraction of sp³-hybridized carbons (Fsp3) is 0.562. The molecule has 7 nitrogen and oxygen atoms in total. The van der Waals surface area contributed by atoms with Crippen LogP contribution in [0.5, 0.6) is 0 Å². The lowest BCUT2D eigenvalue weighted by Gasteiger charge is -2.22. The summed E-state index contributed by atoms with van der Waals surface area (Å²) in [7, 11) is 0. The lowest BCUT2D eigenvalue weighted by Crippen LogP contribution is -2.33. The van der Waals surface area contributed by atoms with Crippen molar-refractivity contribution in [2.75, 3.05) is 31.5 Å². The number of amides is 1. The number of nitro benzene ring substituents is 1. The molecule has 1 unspecified atom stereocenters. The number of hydrogen-bond acceptors (Lipinski definition) is 5. The standard InChI is InChI=1S/C16H24N4O3/c21-16(19-10-7-13-4-3-9-17-12-13)8-11-18-14-5-1-2-6-15(14)20(22)23/h1-2,5-6,13,17-18H,3-4,7-12H2,(H,19,21). The second-order valence-electron chi connectivity index (χ2n) is 5.80. The van der Waals surface area contributed by atoms with Crippen LogP contribution in [0.4, 0.5) is 11.4 Å². The van der Waals surface area contributed by atoms with Gasteiger partial charge in [0.15, 0.2) is 0 Å². The van der Waals surface area contributed by atoms with E-state index in [1.807, 2.05) is 0 Å². The van der Waals surface area contributed by atoms with Crippen molar-refractivity contribution in [2.24, 2.45) is 5.92 Å². The molecular formula is C16H24N4O3. The minimum Gasteiger partial charge on any atom is -0.379 e. The molecule has 2 rings (SSSR count). The zero-order valence-corrected chi connectivity index (χ0v) is 13.2. The van der Waals surface area contributed by atoms with Gasteiger partial charge in [-0.15, -0.1) is 0 Å². The maximum absolute atomic E-state index is 11.8. The van der Waals surface area contributed by atoms with Crippen LogP contribution in [0.15, 0.2) is 24.3 Å². The van der Waals surface area contributed by atoms with Crippen LogP contribution in [-0.4, -0.2) is 37.0 Å². The van der Waals surface area contributed by atoms with E-state index in [1.165, 1.54) is 18.9 Å². The maximum Gasteiger partial charge on any atom is 0.292 e. The Morgan fingerprint density at radius 2 is 2.17 bits per heavy atom. The summed E-state index contributed by atoms with van der Waals surface area (Å²) in [5, 5.41) is 20.1. The minimum atomic E-state index is -0.430. The second-order valence-corrected chi connectivity index (χ2v) is 5.80. The van der Waals surface area contributed by atoms with E-state index in [0.29, 0.717) is 31.1 Å². The predicted octanol–water partition coefficient (Wildman–Crippen LogP) is 1.90. The molecule has 23 heavy (non-hydrogen) atoms. The summed E-state index contributed by atoms with van der Waals surface area (Å²) in [6.07, 6.45) is 3.73. The number of nitrogens with zero attached hydrogens (tertiary/aromatic N) is 1. The van der Waals surface area contributed by atoms with Crippen LogP contribution in [-0.2, 0) is 4.79 Å². The maximum atomic E-state index is 11.8. The molecule has 126 valence electrons. The SMILES string of the molecule is O=C(CCNc1ccccc1[N+](=O)[O-])NCCC1CCCNC1. The van der Waals surface area contributed by atoms with Crippen LogP contribution in [0, 0.1) is 16.0 Å². The molecule has 1 aromatic carbocycles. The summed E-state index contributed by atoms with van der Waals surface area (Å²) in [4.78, 5) is 22.3. The highest BCUT2D eigenvalue weighted by Crippen LogP contribution is 2.22. The first kappa shape index (κ1) is 17.2. The van der Waals surface area contributed by atoms with E-state index in [1.54, 1.807) is 18.2 Å². The average molecular weight is 320 g/mol. The molecule has 1 heterocycles. The summed E-state index contributed by atoms with van der Waals surface area (Å²) in [5.74, 6) is 0.619. The largest absolute Gasteiger partial charge is 0.379 e. The zero-order valence-electron chi connectivity index (χ0n) is 13.2. The molecule has 1 fully saturated rings. The van der Waals surface area contributed by atoms with Gasteiger partial charge in [-0.3, -0.25) is 14.9 Å². The summed E-state index contributed by atoms with van der Waals surface area (Å²) < 4.78 is 0. The van der Waals surface area contributed by atoms with Gasteiger partial charge in [-0.25, -0.2) is 0 Å². The first-order valence-electron chi connectivity index (χ1n) is 8.11. The monoisotopic (exact) mass is 320 g/mol. The Balaban J connectivity index is 1.64. The number of carbonyl (C=O) groups is 1. The Morgan fingerprint density at radius 3 is 2.91 bits per heavy atom. The molecule has 1 amide bonds. The molecule has 0 radical (unpaired) electrons. The number of anilines is 1. The molecule has 0 saturated carbocycles. The van der Waals surface area contributed by atoms with Crippen molar-refractivity contribution in [3.05, 3.63) is 34.4 Å². The highest BCUT2D eigenvalue weighted by atomic mass is 16.6. The first-order valence-corrected chi connectivity index (χ1v) is 8.11. The quantitative estimate of drug-likeness (QED) is 0.502. The van der Waals surface area contributed by atoms with E-state index < -0.39 is 4.92 Å². The van der Waals surface area contributed by atoms with Crippen molar-refractivity contribution in [3.8, 4) is 0 Å². The Bertz CT molecular complexity index is 530. The Hall–Kier alpha value is -2.15. The van der Waals surface area contributed by atoms with Crippen LogP contribution < -0.4 is 16.0 Å². The van der Waals surface area contributed by atoms with E-state index in [4.69, 9.17) is 0 Å². The molecular weight excluding hydrogens is 296 g/mol. The van der Waals surface area contributed by atoms with Crippen molar-refractivity contribution in [3.63, 3.8) is 0 Å². The molecule has 0 aliphatic carbocycles. The zero-order chi connectivity index (χ0) is 16.5. The normalized spacial score (nSPS) is 17.5. The van der Waals surface area contributed by atoms with Crippen LogP contribution in [0.3, 0.4) is 0 Å². The smallest absolute Gasteiger partial charge is 0.292 e. The Kier molecular flexibility index (Phi) is 6.80. The molecule has 3 N–H and O–H groups in total. The van der Waals surface area contributed by atoms with Crippen molar-refractivity contribution in [2.45, 2.75) is 25.7 Å². The van der Waals surface area contributed by atoms with E-state index >= 15 is 0 Å². The molecule has 0 spiro atoms. The Morgan fingerprint density at radius 1 is 1.35 bits per heavy atom. The number of rotatable bonds is 8. The van der Waals surface area contributed by atoms with Gasteiger partial charge in [0.25, 0.3) is 5.69 Å². The van der Waals surface area contributed by atoms with Gasteiger partial charge >= 0.3 is 0 Å². The summed E-state index contributed by atoms with van der Waals surface area (Å²) in [6, 6.07) is 6.44. The summed E-state index contributed by atoms with van der Waals surface area (Å²) in [5.41, 5.74) is 0.469. The number of hydrogen-bond donors (Lipinski definition) is 3. The van der Waals surface area contributed by atoms with Crippen LogP contribution >= 0.6 is 0 Å². The second kappa shape index (κ2) is 9.09. The number of nitrogens with one attached hydrogen (secondary N) is 3. The molecule has 0 bridgehead atoms. The van der Waals surface area contributed by atoms with Gasteiger partial charge in [0, 0.05) is 25.6 Å². The highest BCUT2D eigenvalue weighted by Gasteiger charge is 2.14. The molecule has 1 aliphatic heterocycles. The third kappa shape index (κ3) is 5.86. The van der Waals surface area contributed by atoms with Gasteiger partial charge in [0.2, 0.25) is 5.91 Å². The third-order valence-electron chi connectivity index (χ3n) is 4.04. The number of para-hydroxylation sites is 2. The number of piperidine rings is 1. The highest BCUT2D eigenvalue weighted by molar-refractivity contribution is 5.76. The fourth-order valence-corrected chi connectivity index (χ4v) is 2.77. The molecule has 7 heteroatoms. The molecule has 1 atom stereocenters. The predicted molar refractivity (Wildman–Crippen MR) is 89.4 cm³/mol. The fourth-order valence-electron chi connectivity index (χ4n) is 2.77. The van der Waals surface area contributed by atoms with E-state index in [2.05, 4.69) is 16.0 Å². The van der Waals surface area contributed by atoms with E-state index in [9.17, 15) is 14.9 Å². The van der Waals surface area contributed by atoms with Gasteiger partial charge in [-0.05, 0) is 44.3 Å². The van der Waals surface area contributed by atoms with E-state index in [0.717, 1.165) is 19.5 Å². The van der Waals surface area contributed by atoms with E-state index in [-0.39, 0.29) is 11.6 Å². The lowest BCUT2D eigenvalue weighted by molar-refractivity contribution is -0.384.